The second kappa shape index (κ2) is 10.9. The van der Waals surface area contributed by atoms with Crippen molar-refractivity contribution in [2.75, 3.05) is 0 Å². The van der Waals surface area contributed by atoms with Crippen LogP contribution in [-0.4, -0.2) is 22.0 Å². The van der Waals surface area contributed by atoms with E-state index < -0.39 is 23.3 Å². The molecule has 0 saturated heterocycles. The van der Waals surface area contributed by atoms with E-state index in [1.807, 2.05) is 0 Å². The fraction of sp³-hybridized carbons (Fsp3) is 0.118. The van der Waals surface area contributed by atoms with E-state index in [1.165, 1.54) is 6.92 Å². The standard InChI is InChI=1S/C17H14O3.ClHO.V/c1-12(18)15(16(19)13-8-4-2-5-9-13)17(20)14-10-6-3-7-11-14;1-2;/h2-11,15H,1H3;2H;. The Labute approximate surface area is 151 Å². The molecule has 23 heavy (non-hydrogen) atoms. The van der Waals surface area contributed by atoms with E-state index in [0.717, 1.165) is 0 Å². The van der Waals surface area contributed by atoms with Crippen LogP contribution in [0.1, 0.15) is 27.6 Å². The summed E-state index contributed by atoms with van der Waals surface area (Å²) in [4.78, 5) is 36.5. The Hall–Kier alpha value is -1.72. The minimum Gasteiger partial charge on any atom is -0.299 e. The van der Waals surface area contributed by atoms with E-state index in [4.69, 9.17) is 4.66 Å². The van der Waals surface area contributed by atoms with Crippen LogP contribution < -0.4 is 0 Å². The van der Waals surface area contributed by atoms with Crippen molar-refractivity contribution in [3.05, 3.63) is 71.8 Å². The topological polar surface area (TPSA) is 71.4 Å². The number of ketones is 3. The minimum absolute atomic E-state index is 0. The summed E-state index contributed by atoms with van der Waals surface area (Å²) in [6.07, 6.45) is 0. The molecule has 0 saturated carbocycles. The van der Waals surface area contributed by atoms with Crippen molar-refractivity contribution in [2.24, 2.45) is 5.92 Å². The van der Waals surface area contributed by atoms with E-state index in [9.17, 15) is 14.4 Å². The second-order valence-corrected chi connectivity index (χ2v) is 4.50. The molecular weight excluding hydrogens is 355 g/mol. The van der Waals surface area contributed by atoms with E-state index in [-0.39, 0.29) is 18.6 Å². The summed E-state index contributed by atoms with van der Waals surface area (Å²) in [5.41, 5.74) is 0.744. The number of rotatable bonds is 5. The molecule has 0 amide bonds. The summed E-state index contributed by atoms with van der Waals surface area (Å²) in [5.74, 6) is -2.61. The van der Waals surface area contributed by atoms with Gasteiger partial charge in [0.15, 0.2) is 11.6 Å². The number of Topliss-reactive ketones (excluding diaryl/α,β-unsaturated/α-hetero) is 3. The van der Waals surface area contributed by atoms with Crippen LogP contribution in [0.3, 0.4) is 0 Å². The summed E-state index contributed by atoms with van der Waals surface area (Å²) in [7, 11) is 0. The largest absolute Gasteiger partial charge is 0.299 e. The van der Waals surface area contributed by atoms with Gasteiger partial charge in [-0.3, -0.25) is 19.0 Å². The van der Waals surface area contributed by atoms with Crippen molar-refractivity contribution in [3.8, 4) is 0 Å². The maximum absolute atomic E-state index is 12.4. The van der Waals surface area contributed by atoms with Gasteiger partial charge in [0.2, 0.25) is 0 Å². The van der Waals surface area contributed by atoms with E-state index in [2.05, 4.69) is 11.9 Å². The molecule has 0 aromatic heterocycles. The number of carbonyl (C=O) groups excluding carboxylic acids is 3. The molecule has 119 valence electrons. The molecule has 1 N–H and O–H groups in total. The molecule has 0 aliphatic heterocycles. The first-order valence-electron chi connectivity index (χ1n) is 6.47. The molecule has 0 bridgehead atoms. The monoisotopic (exact) mass is 369 g/mol. The Morgan fingerprint density at radius 2 is 1.09 bits per heavy atom. The van der Waals surface area contributed by atoms with Gasteiger partial charge < -0.3 is 0 Å². The first-order chi connectivity index (χ1) is 10.6. The third kappa shape index (κ3) is 5.77. The fourth-order valence-corrected chi connectivity index (χ4v) is 2.03. The van der Waals surface area contributed by atoms with Gasteiger partial charge in [-0.05, 0) is 6.92 Å². The van der Waals surface area contributed by atoms with Crippen molar-refractivity contribution in [1.29, 1.82) is 0 Å². The Balaban J connectivity index is 0.00000155. The van der Waals surface area contributed by atoms with Gasteiger partial charge in [0.1, 0.15) is 11.7 Å². The van der Waals surface area contributed by atoms with Crippen LogP contribution >= 0.6 is 11.9 Å². The predicted octanol–water partition coefficient (Wildman–Crippen LogP) is 3.09. The summed E-state index contributed by atoms with van der Waals surface area (Å²) in [5, 5.41) is 0. The van der Waals surface area contributed by atoms with Crippen molar-refractivity contribution < 1.29 is 37.6 Å². The van der Waals surface area contributed by atoms with Gasteiger partial charge in [0.05, 0.1) is 11.9 Å². The van der Waals surface area contributed by atoms with Gasteiger partial charge in [-0.15, -0.1) is 0 Å². The van der Waals surface area contributed by atoms with Gasteiger partial charge in [-0.1, -0.05) is 60.7 Å². The van der Waals surface area contributed by atoms with E-state index in [0.29, 0.717) is 11.1 Å². The molecular formula is C17H15ClO4V. The van der Waals surface area contributed by atoms with Gasteiger partial charge >= 0.3 is 0 Å². The number of benzene rings is 2. The molecule has 4 nitrogen and oxygen atoms in total. The van der Waals surface area contributed by atoms with Crippen LogP contribution in [0.4, 0.5) is 0 Å². The van der Waals surface area contributed by atoms with Crippen LogP contribution in [-0.2, 0) is 23.4 Å². The average Bonchev–Trinajstić information content (AvgIpc) is 2.58. The molecule has 0 spiro atoms. The maximum Gasteiger partial charge on any atom is 0.181 e. The average molecular weight is 370 g/mol. The number of halogens is 1. The normalized spacial score (nSPS) is 9.22. The second-order valence-electron chi connectivity index (χ2n) is 4.50. The van der Waals surface area contributed by atoms with E-state index in [1.54, 1.807) is 60.7 Å². The number of hydrogen-bond acceptors (Lipinski definition) is 4. The molecule has 0 aliphatic carbocycles. The van der Waals surface area contributed by atoms with Crippen LogP contribution in [0, 0.1) is 5.92 Å². The summed E-state index contributed by atoms with van der Waals surface area (Å²) < 4.78 is 6.47. The minimum atomic E-state index is -1.26. The number of carbonyl (C=O) groups is 3. The maximum atomic E-state index is 12.4. The summed E-state index contributed by atoms with van der Waals surface area (Å²) in [6, 6.07) is 16.8. The van der Waals surface area contributed by atoms with Gasteiger partial charge in [-0.25, -0.2) is 0 Å². The quantitative estimate of drug-likeness (QED) is 0.649. The molecule has 1 radical (unpaired) electrons. The summed E-state index contributed by atoms with van der Waals surface area (Å²) in [6.45, 7) is 1.27. The molecule has 0 aliphatic rings. The first-order valence-corrected chi connectivity index (χ1v) is 6.81. The molecule has 6 heteroatoms. The fourth-order valence-electron chi connectivity index (χ4n) is 2.03. The first kappa shape index (κ1) is 21.3. The zero-order chi connectivity index (χ0) is 16.5. The zero-order valence-corrected chi connectivity index (χ0v) is 14.5. The van der Waals surface area contributed by atoms with Gasteiger partial charge in [-0.2, -0.15) is 0 Å². The van der Waals surface area contributed by atoms with Crippen LogP contribution in [0.5, 0.6) is 0 Å². The third-order valence-corrected chi connectivity index (χ3v) is 3.05. The zero-order valence-electron chi connectivity index (χ0n) is 12.3. The molecule has 0 atom stereocenters. The Bertz CT molecular complexity index is 593. The SMILES string of the molecule is CC(=O)C(C(=O)c1ccccc1)C(=O)c1ccccc1.OCl.[V]. The molecule has 2 aromatic carbocycles. The van der Waals surface area contributed by atoms with Crippen LogP contribution in [0.15, 0.2) is 60.7 Å². The smallest absolute Gasteiger partial charge is 0.181 e. The Kier molecular flexibility index (Phi) is 10.1. The third-order valence-electron chi connectivity index (χ3n) is 3.05. The molecule has 2 aromatic rings. The molecule has 2 rings (SSSR count). The Morgan fingerprint density at radius 3 is 1.35 bits per heavy atom. The van der Waals surface area contributed by atoms with Crippen LogP contribution in [0.25, 0.3) is 0 Å². The van der Waals surface area contributed by atoms with Crippen LogP contribution in [0.2, 0.25) is 0 Å². The molecule has 0 heterocycles. The molecule has 0 fully saturated rings. The van der Waals surface area contributed by atoms with Crippen molar-refractivity contribution in [1.82, 2.24) is 0 Å². The Morgan fingerprint density at radius 1 is 0.783 bits per heavy atom. The summed E-state index contributed by atoms with van der Waals surface area (Å²) >= 11 is 3.64. The number of hydrogen-bond donors (Lipinski definition) is 1. The predicted molar refractivity (Wildman–Crippen MR) is 83.8 cm³/mol. The van der Waals surface area contributed by atoms with Gasteiger partial charge in [0, 0.05) is 29.7 Å². The van der Waals surface area contributed by atoms with E-state index >= 15 is 0 Å². The van der Waals surface area contributed by atoms with Crippen molar-refractivity contribution >= 4 is 29.2 Å². The van der Waals surface area contributed by atoms with Crippen molar-refractivity contribution in [3.63, 3.8) is 0 Å². The van der Waals surface area contributed by atoms with Crippen molar-refractivity contribution in [2.45, 2.75) is 6.92 Å². The molecule has 0 unspecified atom stereocenters. The van der Waals surface area contributed by atoms with Gasteiger partial charge in [0.25, 0.3) is 0 Å².